The normalized spacial score (nSPS) is 32.8. The van der Waals surface area contributed by atoms with Gasteiger partial charge in [0.25, 0.3) is 0 Å². The lowest BCUT2D eigenvalue weighted by Gasteiger charge is -2.41. The number of aliphatic hydroxyl groups is 1. The van der Waals surface area contributed by atoms with Crippen LogP contribution in [0.5, 0.6) is 11.5 Å². The Morgan fingerprint density at radius 3 is 2.75 bits per heavy atom. The first-order valence-electron chi connectivity index (χ1n) is 7.33. The number of rotatable bonds is 3. The first kappa shape index (κ1) is 13.7. The number of aliphatic hydroxyl groups excluding tert-OH is 1. The highest BCUT2D eigenvalue weighted by atomic mass is 16.5. The van der Waals surface area contributed by atoms with Gasteiger partial charge in [-0.25, -0.2) is 0 Å². The highest BCUT2D eigenvalue weighted by molar-refractivity contribution is 5.46. The van der Waals surface area contributed by atoms with Crippen molar-refractivity contribution in [2.45, 2.75) is 43.2 Å². The molecule has 0 radical (unpaired) electrons. The van der Waals surface area contributed by atoms with Crippen molar-refractivity contribution in [2.24, 2.45) is 0 Å². The van der Waals surface area contributed by atoms with Crippen LogP contribution in [0.4, 0.5) is 0 Å². The van der Waals surface area contributed by atoms with E-state index >= 15 is 0 Å². The van der Waals surface area contributed by atoms with Gasteiger partial charge in [-0.05, 0) is 49.9 Å². The molecule has 2 N–H and O–H groups in total. The van der Waals surface area contributed by atoms with Crippen LogP contribution in [-0.4, -0.2) is 38.0 Å². The van der Waals surface area contributed by atoms with Gasteiger partial charge in [-0.2, -0.15) is 0 Å². The number of hydrogen-bond donors (Lipinski definition) is 2. The minimum Gasteiger partial charge on any atom is -0.493 e. The molecule has 4 heteroatoms. The topological polar surface area (TPSA) is 50.7 Å². The first-order valence-corrected chi connectivity index (χ1v) is 7.33. The lowest BCUT2D eigenvalue weighted by atomic mass is 9.65. The van der Waals surface area contributed by atoms with Crippen molar-refractivity contribution < 1.29 is 14.6 Å². The fourth-order valence-corrected chi connectivity index (χ4v) is 3.90. The predicted octanol–water partition coefficient (Wildman–Crippen LogP) is 1.85. The molecule has 0 bridgehead atoms. The second kappa shape index (κ2) is 5.26. The summed E-state index contributed by atoms with van der Waals surface area (Å²) in [5, 5.41) is 13.5. The van der Waals surface area contributed by atoms with E-state index in [1.54, 1.807) is 14.2 Å². The van der Waals surface area contributed by atoms with Gasteiger partial charge >= 0.3 is 0 Å². The van der Waals surface area contributed by atoms with Crippen molar-refractivity contribution in [1.29, 1.82) is 0 Å². The van der Waals surface area contributed by atoms with E-state index in [1.807, 2.05) is 6.07 Å². The Kier molecular flexibility index (Phi) is 3.61. The van der Waals surface area contributed by atoms with Crippen LogP contribution in [0, 0.1) is 0 Å². The minimum atomic E-state index is -0.168. The van der Waals surface area contributed by atoms with Gasteiger partial charge in [0.05, 0.1) is 20.3 Å². The Labute approximate surface area is 120 Å². The average Bonchev–Trinajstić information content (AvgIpc) is 2.90. The quantitative estimate of drug-likeness (QED) is 0.885. The Balaban J connectivity index is 1.98. The molecular formula is C16H23NO3. The zero-order valence-electron chi connectivity index (χ0n) is 12.2. The number of nitrogens with one attached hydrogen (secondary N) is 1. The van der Waals surface area contributed by atoms with E-state index < -0.39 is 0 Å². The molecule has 1 saturated carbocycles. The predicted molar refractivity (Wildman–Crippen MR) is 77.5 cm³/mol. The van der Waals surface area contributed by atoms with Crippen LogP contribution in [0.3, 0.4) is 0 Å². The van der Waals surface area contributed by atoms with Crippen molar-refractivity contribution in [1.82, 2.24) is 5.32 Å². The van der Waals surface area contributed by atoms with Crippen LogP contribution in [0.25, 0.3) is 0 Å². The molecule has 2 aliphatic rings. The summed E-state index contributed by atoms with van der Waals surface area (Å²) in [6, 6.07) is 6.61. The summed E-state index contributed by atoms with van der Waals surface area (Å²) >= 11 is 0. The number of ether oxygens (including phenoxy) is 2. The van der Waals surface area contributed by atoms with Crippen molar-refractivity contribution in [3.63, 3.8) is 0 Å². The van der Waals surface area contributed by atoms with E-state index in [0.717, 1.165) is 43.7 Å². The maximum Gasteiger partial charge on any atom is 0.161 e. The molecule has 110 valence electrons. The summed E-state index contributed by atoms with van der Waals surface area (Å²) in [6.45, 7) is 1.02. The summed E-state index contributed by atoms with van der Waals surface area (Å²) in [6.07, 6.45) is 3.71. The molecule has 0 amide bonds. The largest absolute Gasteiger partial charge is 0.493 e. The fraction of sp³-hybridized carbons (Fsp3) is 0.625. The van der Waals surface area contributed by atoms with Crippen LogP contribution in [0.1, 0.15) is 31.2 Å². The SMILES string of the molecule is COc1ccc([C@]23CCN[C@H]2C[C@@H](O)CC3)cc1OC. The standard InChI is InChI=1S/C16H23NO3/c1-19-13-4-3-11(9-14(13)20-2)16-6-5-12(18)10-15(16)17-8-7-16/h3-4,9,12,15,17-18H,5-8,10H2,1-2H3/t12-,15-,16-/m0/s1. The van der Waals surface area contributed by atoms with Crippen molar-refractivity contribution in [3.8, 4) is 11.5 Å². The molecule has 2 fully saturated rings. The number of hydrogen-bond acceptors (Lipinski definition) is 4. The molecule has 0 aromatic heterocycles. The van der Waals surface area contributed by atoms with Crippen LogP contribution >= 0.6 is 0 Å². The number of benzene rings is 1. The van der Waals surface area contributed by atoms with Gasteiger partial charge < -0.3 is 19.9 Å². The highest BCUT2D eigenvalue weighted by Crippen LogP contribution is 2.47. The van der Waals surface area contributed by atoms with Gasteiger partial charge in [0.15, 0.2) is 11.5 Å². The van der Waals surface area contributed by atoms with Crippen LogP contribution < -0.4 is 14.8 Å². The fourth-order valence-electron chi connectivity index (χ4n) is 3.90. The molecule has 4 nitrogen and oxygen atoms in total. The molecule has 3 rings (SSSR count). The third-order valence-electron chi connectivity index (χ3n) is 5.02. The molecule has 0 unspecified atom stereocenters. The lowest BCUT2D eigenvalue weighted by Crippen LogP contribution is -2.46. The van der Waals surface area contributed by atoms with Crippen molar-refractivity contribution in [3.05, 3.63) is 23.8 Å². The molecular weight excluding hydrogens is 254 g/mol. The molecule has 1 aromatic rings. The molecule has 1 aliphatic carbocycles. The van der Waals surface area contributed by atoms with E-state index in [-0.39, 0.29) is 11.5 Å². The van der Waals surface area contributed by atoms with Gasteiger partial charge in [-0.3, -0.25) is 0 Å². The monoisotopic (exact) mass is 277 g/mol. The Bertz CT molecular complexity index is 491. The summed E-state index contributed by atoms with van der Waals surface area (Å²) in [5.74, 6) is 1.56. The maximum atomic E-state index is 9.92. The lowest BCUT2D eigenvalue weighted by molar-refractivity contribution is 0.0843. The highest BCUT2D eigenvalue weighted by Gasteiger charge is 2.47. The van der Waals surface area contributed by atoms with Gasteiger partial charge in [0.1, 0.15) is 0 Å². The molecule has 1 saturated heterocycles. The average molecular weight is 277 g/mol. The van der Waals surface area contributed by atoms with E-state index in [9.17, 15) is 5.11 Å². The number of fused-ring (bicyclic) bond motifs is 1. The van der Waals surface area contributed by atoms with Gasteiger partial charge in [-0.15, -0.1) is 0 Å². The summed E-state index contributed by atoms with van der Waals surface area (Å²) in [7, 11) is 3.33. The molecule has 20 heavy (non-hydrogen) atoms. The zero-order chi connectivity index (χ0) is 14.2. The smallest absolute Gasteiger partial charge is 0.161 e. The summed E-state index contributed by atoms with van der Waals surface area (Å²) in [4.78, 5) is 0. The van der Waals surface area contributed by atoms with Crippen LogP contribution in [0.15, 0.2) is 18.2 Å². The minimum absolute atomic E-state index is 0.138. The molecule has 1 aliphatic heterocycles. The van der Waals surface area contributed by atoms with Gasteiger partial charge in [0.2, 0.25) is 0 Å². The first-order chi connectivity index (χ1) is 9.69. The third kappa shape index (κ3) is 2.07. The Morgan fingerprint density at radius 2 is 2.00 bits per heavy atom. The second-order valence-electron chi connectivity index (χ2n) is 5.91. The summed E-state index contributed by atoms with van der Waals surface area (Å²) < 4.78 is 10.8. The van der Waals surface area contributed by atoms with E-state index in [0.29, 0.717) is 6.04 Å². The number of methoxy groups -OCH3 is 2. The van der Waals surface area contributed by atoms with Crippen molar-refractivity contribution in [2.75, 3.05) is 20.8 Å². The van der Waals surface area contributed by atoms with E-state index in [4.69, 9.17) is 9.47 Å². The van der Waals surface area contributed by atoms with E-state index in [1.165, 1.54) is 5.56 Å². The van der Waals surface area contributed by atoms with Gasteiger partial charge in [-0.1, -0.05) is 6.07 Å². The molecule has 1 aromatic carbocycles. The second-order valence-corrected chi connectivity index (χ2v) is 5.91. The van der Waals surface area contributed by atoms with E-state index in [2.05, 4.69) is 17.4 Å². The Morgan fingerprint density at radius 1 is 1.20 bits per heavy atom. The third-order valence-corrected chi connectivity index (χ3v) is 5.02. The zero-order valence-corrected chi connectivity index (χ0v) is 12.2. The molecule has 1 heterocycles. The van der Waals surface area contributed by atoms with Crippen LogP contribution in [0.2, 0.25) is 0 Å². The maximum absolute atomic E-state index is 9.92. The van der Waals surface area contributed by atoms with Crippen LogP contribution in [-0.2, 0) is 5.41 Å². The van der Waals surface area contributed by atoms with Gasteiger partial charge in [0, 0.05) is 11.5 Å². The van der Waals surface area contributed by atoms with Crippen molar-refractivity contribution >= 4 is 0 Å². The summed E-state index contributed by atoms with van der Waals surface area (Å²) in [5.41, 5.74) is 1.44. The Hall–Kier alpha value is -1.26. The molecule has 3 atom stereocenters. The molecule has 0 spiro atoms.